The second kappa shape index (κ2) is 6.46. The van der Waals surface area contributed by atoms with E-state index >= 15 is 0 Å². The number of hydrogen-bond acceptors (Lipinski definition) is 4. The molecule has 0 radical (unpaired) electrons. The van der Waals surface area contributed by atoms with E-state index in [1.54, 1.807) is 14.2 Å². The minimum absolute atomic E-state index is 0.138. The number of nitrogens with one attached hydrogen (secondary N) is 1. The highest BCUT2D eigenvalue weighted by atomic mass is 16.5. The standard InChI is InChI=1S/C16H25NO3/c1-5-17-15(16(2)7-6-8-20-16)12-9-13(18-3)11-14(10-12)19-4/h9-11,15,17H,5-8H2,1-4H3. The molecule has 1 aliphatic rings. The van der Waals surface area contributed by atoms with Crippen molar-refractivity contribution in [2.75, 3.05) is 27.4 Å². The molecule has 2 unspecified atom stereocenters. The Morgan fingerprint density at radius 3 is 2.35 bits per heavy atom. The summed E-state index contributed by atoms with van der Waals surface area (Å²) < 4.78 is 16.8. The fourth-order valence-corrected chi connectivity index (χ4v) is 2.91. The smallest absolute Gasteiger partial charge is 0.122 e. The van der Waals surface area contributed by atoms with Gasteiger partial charge in [0, 0.05) is 12.7 Å². The van der Waals surface area contributed by atoms with Crippen molar-refractivity contribution in [3.8, 4) is 11.5 Å². The maximum atomic E-state index is 6.01. The first-order chi connectivity index (χ1) is 9.62. The first-order valence-corrected chi connectivity index (χ1v) is 7.23. The van der Waals surface area contributed by atoms with E-state index in [4.69, 9.17) is 14.2 Å². The molecule has 4 heteroatoms. The summed E-state index contributed by atoms with van der Waals surface area (Å²) in [5.41, 5.74) is 0.973. The van der Waals surface area contributed by atoms with Gasteiger partial charge in [-0.2, -0.15) is 0 Å². The molecule has 2 rings (SSSR count). The molecule has 20 heavy (non-hydrogen) atoms. The van der Waals surface area contributed by atoms with Crippen LogP contribution in [0.5, 0.6) is 11.5 Å². The van der Waals surface area contributed by atoms with Crippen LogP contribution < -0.4 is 14.8 Å². The lowest BCUT2D eigenvalue weighted by Gasteiger charge is -2.34. The number of likely N-dealkylation sites (N-methyl/N-ethyl adjacent to an activating group) is 1. The van der Waals surface area contributed by atoms with Gasteiger partial charge in [-0.25, -0.2) is 0 Å². The summed E-state index contributed by atoms with van der Waals surface area (Å²) in [6, 6.07) is 6.15. The van der Waals surface area contributed by atoms with Crippen molar-refractivity contribution in [1.29, 1.82) is 0 Å². The second-order valence-corrected chi connectivity index (χ2v) is 5.40. The van der Waals surface area contributed by atoms with Crippen molar-refractivity contribution in [3.63, 3.8) is 0 Å². The van der Waals surface area contributed by atoms with E-state index in [0.717, 1.165) is 43.1 Å². The van der Waals surface area contributed by atoms with Crippen molar-refractivity contribution in [1.82, 2.24) is 5.32 Å². The molecule has 1 heterocycles. The zero-order chi connectivity index (χ0) is 14.6. The first kappa shape index (κ1) is 15.1. The predicted molar refractivity (Wildman–Crippen MR) is 79.6 cm³/mol. The third-order valence-electron chi connectivity index (χ3n) is 3.98. The Balaban J connectivity index is 2.37. The Morgan fingerprint density at radius 1 is 1.25 bits per heavy atom. The van der Waals surface area contributed by atoms with Gasteiger partial charge < -0.3 is 19.5 Å². The van der Waals surface area contributed by atoms with Gasteiger partial charge in [-0.3, -0.25) is 0 Å². The lowest BCUT2D eigenvalue weighted by molar-refractivity contribution is -0.0121. The van der Waals surface area contributed by atoms with Crippen LogP contribution in [0.4, 0.5) is 0 Å². The van der Waals surface area contributed by atoms with Crippen molar-refractivity contribution in [2.45, 2.75) is 38.3 Å². The molecule has 0 amide bonds. The average molecular weight is 279 g/mol. The van der Waals surface area contributed by atoms with Gasteiger partial charge in [-0.1, -0.05) is 6.92 Å². The van der Waals surface area contributed by atoms with Crippen LogP contribution in [-0.2, 0) is 4.74 Å². The normalized spacial score (nSPS) is 23.6. The van der Waals surface area contributed by atoms with E-state index in [1.807, 2.05) is 6.07 Å². The molecule has 1 fully saturated rings. The van der Waals surface area contributed by atoms with Gasteiger partial charge in [0.15, 0.2) is 0 Å². The predicted octanol–water partition coefficient (Wildman–Crippen LogP) is 2.92. The van der Waals surface area contributed by atoms with Gasteiger partial charge in [0.25, 0.3) is 0 Å². The van der Waals surface area contributed by atoms with E-state index in [9.17, 15) is 0 Å². The molecule has 1 aromatic carbocycles. The Labute approximate surface area is 121 Å². The number of methoxy groups -OCH3 is 2. The van der Waals surface area contributed by atoms with Crippen LogP contribution in [0.1, 0.15) is 38.3 Å². The molecule has 0 aromatic heterocycles. The molecule has 0 saturated carbocycles. The summed E-state index contributed by atoms with van der Waals surface area (Å²) in [4.78, 5) is 0. The molecular weight excluding hydrogens is 254 g/mol. The maximum Gasteiger partial charge on any atom is 0.122 e. The molecular formula is C16H25NO3. The fraction of sp³-hybridized carbons (Fsp3) is 0.625. The van der Waals surface area contributed by atoms with Crippen LogP contribution in [0.25, 0.3) is 0 Å². The van der Waals surface area contributed by atoms with Gasteiger partial charge in [-0.15, -0.1) is 0 Å². The maximum absolute atomic E-state index is 6.01. The summed E-state index contributed by atoms with van der Waals surface area (Å²) >= 11 is 0. The molecule has 4 nitrogen and oxygen atoms in total. The number of hydrogen-bond donors (Lipinski definition) is 1. The van der Waals surface area contributed by atoms with Crippen molar-refractivity contribution in [3.05, 3.63) is 23.8 Å². The molecule has 0 spiro atoms. The van der Waals surface area contributed by atoms with Crippen LogP contribution in [-0.4, -0.2) is 33.0 Å². The summed E-state index contributed by atoms with van der Waals surface area (Å²) in [5, 5.41) is 3.55. The zero-order valence-electron chi connectivity index (χ0n) is 12.9. The molecule has 1 N–H and O–H groups in total. The monoisotopic (exact) mass is 279 g/mol. The fourth-order valence-electron chi connectivity index (χ4n) is 2.91. The minimum atomic E-state index is -0.173. The SMILES string of the molecule is CCNC(c1cc(OC)cc(OC)c1)C1(C)CCCO1. The number of benzene rings is 1. The third-order valence-corrected chi connectivity index (χ3v) is 3.98. The number of rotatable bonds is 6. The Bertz CT molecular complexity index is 419. The average Bonchev–Trinajstić information content (AvgIpc) is 2.91. The lowest BCUT2D eigenvalue weighted by atomic mass is 9.87. The molecule has 1 saturated heterocycles. The van der Waals surface area contributed by atoms with Gasteiger partial charge in [0.2, 0.25) is 0 Å². The molecule has 1 aliphatic heterocycles. The largest absolute Gasteiger partial charge is 0.497 e. The van der Waals surface area contributed by atoms with E-state index < -0.39 is 0 Å². The van der Waals surface area contributed by atoms with Gasteiger partial charge in [-0.05, 0) is 44.0 Å². The van der Waals surface area contributed by atoms with Gasteiger partial charge in [0.05, 0.1) is 25.9 Å². The highest BCUT2D eigenvalue weighted by molar-refractivity contribution is 5.40. The van der Waals surface area contributed by atoms with Crippen LogP contribution in [0.3, 0.4) is 0 Å². The topological polar surface area (TPSA) is 39.7 Å². The molecule has 0 aliphatic carbocycles. The van der Waals surface area contributed by atoms with Gasteiger partial charge >= 0.3 is 0 Å². The van der Waals surface area contributed by atoms with E-state index in [1.165, 1.54) is 0 Å². The van der Waals surface area contributed by atoms with Crippen LogP contribution in [0.15, 0.2) is 18.2 Å². The highest BCUT2D eigenvalue weighted by Crippen LogP contribution is 2.39. The van der Waals surface area contributed by atoms with Crippen molar-refractivity contribution >= 4 is 0 Å². The Kier molecular flexibility index (Phi) is 4.89. The quantitative estimate of drug-likeness (QED) is 0.869. The lowest BCUT2D eigenvalue weighted by Crippen LogP contribution is -2.41. The van der Waals surface area contributed by atoms with Crippen LogP contribution in [0, 0.1) is 0 Å². The Morgan fingerprint density at radius 2 is 1.90 bits per heavy atom. The van der Waals surface area contributed by atoms with Crippen molar-refractivity contribution < 1.29 is 14.2 Å². The highest BCUT2D eigenvalue weighted by Gasteiger charge is 2.39. The molecule has 112 valence electrons. The molecule has 1 aromatic rings. The third kappa shape index (κ3) is 3.07. The minimum Gasteiger partial charge on any atom is -0.497 e. The number of ether oxygens (including phenoxy) is 3. The summed E-state index contributed by atoms with van der Waals surface area (Å²) in [7, 11) is 3.35. The molecule has 0 bridgehead atoms. The van der Waals surface area contributed by atoms with Crippen molar-refractivity contribution in [2.24, 2.45) is 0 Å². The molecule has 2 atom stereocenters. The Hall–Kier alpha value is -1.26. The summed E-state index contributed by atoms with van der Waals surface area (Å²) in [6.07, 6.45) is 2.17. The van der Waals surface area contributed by atoms with E-state index in [2.05, 4.69) is 31.3 Å². The van der Waals surface area contributed by atoms with E-state index in [0.29, 0.717) is 0 Å². The van der Waals surface area contributed by atoms with Crippen LogP contribution >= 0.6 is 0 Å². The summed E-state index contributed by atoms with van der Waals surface area (Å²) in [5.74, 6) is 1.62. The summed E-state index contributed by atoms with van der Waals surface area (Å²) in [6.45, 7) is 6.02. The second-order valence-electron chi connectivity index (χ2n) is 5.40. The van der Waals surface area contributed by atoms with Gasteiger partial charge in [0.1, 0.15) is 11.5 Å². The zero-order valence-corrected chi connectivity index (χ0v) is 12.9. The first-order valence-electron chi connectivity index (χ1n) is 7.23. The van der Waals surface area contributed by atoms with E-state index in [-0.39, 0.29) is 11.6 Å². The van der Waals surface area contributed by atoms with Crippen LogP contribution in [0.2, 0.25) is 0 Å².